The van der Waals surface area contributed by atoms with Crippen molar-refractivity contribution in [2.75, 3.05) is 29.9 Å². The van der Waals surface area contributed by atoms with Gasteiger partial charge < -0.3 is 14.8 Å². The zero-order valence-corrected chi connectivity index (χ0v) is 27.0. The van der Waals surface area contributed by atoms with Gasteiger partial charge in [-0.05, 0) is 96.0 Å². The Morgan fingerprint density at radius 2 is 1.76 bits per heavy atom. The molecule has 0 atom stereocenters. The fraction of sp³-hybridized carbons (Fsp3) is 0.382. The van der Waals surface area contributed by atoms with E-state index in [1.54, 1.807) is 73.8 Å². The summed E-state index contributed by atoms with van der Waals surface area (Å²) in [5, 5.41) is 18.1. The zero-order valence-electron chi connectivity index (χ0n) is 27.0. The summed E-state index contributed by atoms with van der Waals surface area (Å²) < 4.78 is 12.0. The van der Waals surface area contributed by atoms with Gasteiger partial charge in [0.25, 0.3) is 5.91 Å². The van der Waals surface area contributed by atoms with E-state index in [4.69, 9.17) is 14.9 Å². The topological polar surface area (TPSA) is 139 Å². The van der Waals surface area contributed by atoms with Gasteiger partial charge in [0, 0.05) is 41.5 Å². The summed E-state index contributed by atoms with van der Waals surface area (Å²) in [6, 6.07) is 12.5. The van der Waals surface area contributed by atoms with Crippen LogP contribution in [0.3, 0.4) is 0 Å². The van der Waals surface area contributed by atoms with Crippen LogP contribution in [0.5, 0.6) is 0 Å². The molecule has 0 aliphatic carbocycles. The Hall–Kier alpha value is -5.11. The first-order chi connectivity index (χ1) is 21.3. The van der Waals surface area contributed by atoms with Crippen LogP contribution in [0.1, 0.15) is 73.7 Å². The standard InChI is InChI=1S/C34H42N6O5/c1-8-40-29(16-19-37-40)39(20-17-30(41)44-9-2)32(42)28-22-23(3)26(21-24(28)4)11-10-18-36-27-14-12-25(13-15-27)31(35)38-33(43)45-34(5,6)7/h12-16,19,21-22,36H,8-9,17-18,20H2,1-7H3,(H2,35,38,43). The van der Waals surface area contributed by atoms with Crippen molar-refractivity contribution in [2.45, 2.75) is 67.0 Å². The first-order valence-electron chi connectivity index (χ1n) is 14.8. The van der Waals surface area contributed by atoms with Gasteiger partial charge in [0.05, 0.1) is 25.8 Å². The fourth-order valence-electron chi connectivity index (χ4n) is 4.40. The molecule has 0 aliphatic heterocycles. The van der Waals surface area contributed by atoms with Crippen LogP contribution in [0.25, 0.3) is 0 Å². The molecule has 0 fully saturated rings. The van der Waals surface area contributed by atoms with Crippen molar-refractivity contribution >= 4 is 35.3 Å². The van der Waals surface area contributed by atoms with Gasteiger partial charge in [0.1, 0.15) is 17.3 Å². The highest BCUT2D eigenvalue weighted by Gasteiger charge is 2.24. The quantitative estimate of drug-likeness (QED) is 0.120. The molecule has 0 unspecified atom stereocenters. The molecular weight excluding hydrogens is 572 g/mol. The Kier molecular flexibility index (Phi) is 11.9. The molecule has 0 radical (unpaired) electrons. The summed E-state index contributed by atoms with van der Waals surface area (Å²) in [5.74, 6) is 6.27. The number of amidine groups is 1. The van der Waals surface area contributed by atoms with E-state index >= 15 is 0 Å². The predicted molar refractivity (Wildman–Crippen MR) is 175 cm³/mol. The smallest absolute Gasteiger partial charge is 0.413 e. The Morgan fingerprint density at radius 3 is 2.40 bits per heavy atom. The number of nitrogens with one attached hydrogen (secondary N) is 3. The van der Waals surface area contributed by atoms with Gasteiger partial charge in [-0.3, -0.25) is 25.2 Å². The number of carbonyl (C=O) groups excluding carboxylic acids is 3. The number of hydrogen-bond acceptors (Lipinski definition) is 8. The first kappa shape index (κ1) is 34.4. The molecule has 2 aromatic carbocycles. The van der Waals surface area contributed by atoms with Crippen LogP contribution in [0.4, 0.5) is 16.3 Å². The van der Waals surface area contributed by atoms with Crippen LogP contribution in [-0.2, 0) is 20.8 Å². The molecule has 11 heteroatoms. The van der Waals surface area contributed by atoms with Crippen LogP contribution in [0.15, 0.2) is 48.7 Å². The van der Waals surface area contributed by atoms with Crippen molar-refractivity contribution in [1.29, 1.82) is 5.41 Å². The van der Waals surface area contributed by atoms with Crippen molar-refractivity contribution in [1.82, 2.24) is 15.1 Å². The van der Waals surface area contributed by atoms with Crippen molar-refractivity contribution < 1.29 is 23.9 Å². The zero-order chi connectivity index (χ0) is 33.1. The lowest BCUT2D eigenvalue weighted by atomic mass is 9.99. The fourth-order valence-corrected chi connectivity index (χ4v) is 4.40. The van der Waals surface area contributed by atoms with Gasteiger partial charge >= 0.3 is 12.1 Å². The molecule has 0 spiro atoms. The van der Waals surface area contributed by atoms with E-state index in [0.29, 0.717) is 30.0 Å². The number of nitrogens with zero attached hydrogens (tertiary/aromatic N) is 3. The Labute approximate surface area is 264 Å². The van der Waals surface area contributed by atoms with E-state index in [1.165, 1.54) is 0 Å². The molecule has 45 heavy (non-hydrogen) atoms. The van der Waals surface area contributed by atoms with Crippen molar-refractivity contribution in [2.24, 2.45) is 0 Å². The summed E-state index contributed by atoms with van der Waals surface area (Å²) >= 11 is 0. The third-order valence-electron chi connectivity index (χ3n) is 6.57. The Bertz CT molecular complexity index is 1590. The number of esters is 1. The molecule has 0 aliphatic rings. The number of ether oxygens (including phenoxy) is 2. The van der Waals surface area contributed by atoms with Crippen molar-refractivity contribution in [3.8, 4) is 11.8 Å². The van der Waals surface area contributed by atoms with Crippen molar-refractivity contribution in [3.63, 3.8) is 0 Å². The molecule has 0 saturated heterocycles. The average Bonchev–Trinajstić information content (AvgIpc) is 3.44. The van der Waals surface area contributed by atoms with Crippen LogP contribution < -0.4 is 15.5 Å². The minimum atomic E-state index is -0.678. The van der Waals surface area contributed by atoms with E-state index in [0.717, 1.165) is 22.4 Å². The molecule has 3 rings (SSSR count). The van der Waals surface area contributed by atoms with Crippen LogP contribution in [0, 0.1) is 31.1 Å². The Balaban J connectivity index is 1.67. The maximum absolute atomic E-state index is 13.8. The number of benzene rings is 2. The largest absolute Gasteiger partial charge is 0.466 e. The van der Waals surface area contributed by atoms with E-state index in [2.05, 4.69) is 27.6 Å². The minimum Gasteiger partial charge on any atom is -0.466 e. The molecule has 2 amide bonds. The monoisotopic (exact) mass is 614 g/mol. The second kappa shape index (κ2) is 15.6. The number of aromatic nitrogens is 2. The highest BCUT2D eigenvalue weighted by Crippen LogP contribution is 2.22. The van der Waals surface area contributed by atoms with E-state index in [9.17, 15) is 14.4 Å². The second-order valence-corrected chi connectivity index (χ2v) is 11.2. The minimum absolute atomic E-state index is 0.0542. The molecule has 0 bridgehead atoms. The van der Waals surface area contributed by atoms with Gasteiger partial charge in [0.2, 0.25) is 0 Å². The number of rotatable bonds is 10. The number of aryl methyl sites for hydroxylation is 3. The number of hydrogen-bond donors (Lipinski definition) is 3. The molecule has 1 aromatic heterocycles. The van der Waals surface area contributed by atoms with Crippen molar-refractivity contribution in [3.05, 3.63) is 76.5 Å². The van der Waals surface area contributed by atoms with E-state index in [1.807, 2.05) is 32.9 Å². The summed E-state index contributed by atoms with van der Waals surface area (Å²) in [5.41, 5.74) is 3.65. The van der Waals surface area contributed by atoms with E-state index < -0.39 is 11.7 Å². The summed E-state index contributed by atoms with van der Waals surface area (Å²) in [4.78, 5) is 39.4. The number of amides is 2. The SMILES string of the molecule is CCOC(=O)CCN(C(=O)c1cc(C)c(C#CCNc2ccc(C(=N)NC(=O)OC(C)(C)C)cc2)cc1C)c1ccnn1CC. The highest BCUT2D eigenvalue weighted by atomic mass is 16.6. The lowest BCUT2D eigenvalue weighted by molar-refractivity contribution is -0.142. The number of anilines is 2. The maximum Gasteiger partial charge on any atom is 0.413 e. The lowest BCUT2D eigenvalue weighted by Gasteiger charge is -2.24. The number of alkyl carbamates (subject to hydrolysis) is 1. The van der Waals surface area contributed by atoms with Crippen LogP contribution in [0.2, 0.25) is 0 Å². The number of carbonyl (C=O) groups is 3. The summed E-state index contributed by atoms with van der Waals surface area (Å²) in [6.45, 7) is 14.1. The van der Waals surface area contributed by atoms with Gasteiger partial charge in [-0.25, -0.2) is 9.48 Å². The van der Waals surface area contributed by atoms with Crippen LogP contribution in [-0.4, -0.2) is 58.9 Å². The van der Waals surface area contributed by atoms with Gasteiger partial charge in [-0.2, -0.15) is 5.10 Å². The predicted octanol–water partition coefficient (Wildman–Crippen LogP) is 5.43. The maximum atomic E-state index is 13.8. The molecular formula is C34H42N6O5. The van der Waals surface area contributed by atoms with Crippen LogP contribution >= 0.6 is 0 Å². The molecule has 0 saturated carbocycles. The lowest BCUT2D eigenvalue weighted by Crippen LogP contribution is -2.36. The molecule has 3 aromatic rings. The van der Waals surface area contributed by atoms with Gasteiger partial charge in [-0.15, -0.1) is 0 Å². The Morgan fingerprint density at radius 1 is 1.04 bits per heavy atom. The first-order valence-corrected chi connectivity index (χ1v) is 14.8. The second-order valence-electron chi connectivity index (χ2n) is 11.2. The molecule has 11 nitrogen and oxygen atoms in total. The third-order valence-corrected chi connectivity index (χ3v) is 6.57. The normalized spacial score (nSPS) is 10.7. The summed E-state index contributed by atoms with van der Waals surface area (Å²) in [6.07, 6.45) is 1.03. The van der Waals surface area contributed by atoms with Gasteiger partial charge in [-0.1, -0.05) is 11.8 Å². The molecule has 1 heterocycles. The third kappa shape index (κ3) is 9.96. The van der Waals surface area contributed by atoms with E-state index in [-0.39, 0.29) is 37.3 Å². The molecule has 238 valence electrons. The molecule has 3 N–H and O–H groups in total. The highest BCUT2D eigenvalue weighted by molar-refractivity contribution is 6.07. The van der Waals surface area contributed by atoms with Gasteiger partial charge in [0.15, 0.2) is 0 Å². The average molecular weight is 615 g/mol. The summed E-state index contributed by atoms with van der Waals surface area (Å²) in [7, 11) is 0.